The Labute approximate surface area is 135 Å². The van der Waals surface area contributed by atoms with Crippen LogP contribution < -0.4 is 9.64 Å². The topological polar surface area (TPSA) is 67.8 Å². The highest BCUT2D eigenvalue weighted by molar-refractivity contribution is 6.18. The molecule has 122 valence electrons. The van der Waals surface area contributed by atoms with Crippen molar-refractivity contribution in [2.24, 2.45) is 0 Å². The monoisotopic (exact) mass is 328 g/mol. The molecule has 2 rings (SSSR count). The van der Waals surface area contributed by atoms with Gasteiger partial charge in [-0.2, -0.15) is 0 Å². The van der Waals surface area contributed by atoms with Crippen molar-refractivity contribution in [2.45, 2.75) is 6.42 Å². The van der Waals surface area contributed by atoms with Gasteiger partial charge in [0, 0.05) is 51.7 Å². The number of alkyl halides is 1. The van der Waals surface area contributed by atoms with Crippen molar-refractivity contribution in [3.8, 4) is 5.88 Å². The number of carbonyl (C=O) groups excluding carboxylic acids is 1. The van der Waals surface area contributed by atoms with E-state index >= 15 is 0 Å². The maximum atomic E-state index is 11.8. The summed E-state index contributed by atoms with van der Waals surface area (Å²) in [7, 11) is 1.62. The number of methoxy groups -OCH3 is 1. The van der Waals surface area contributed by atoms with Gasteiger partial charge < -0.3 is 19.3 Å². The minimum atomic E-state index is 0.114. The third-order valence-electron chi connectivity index (χ3n) is 3.43. The summed E-state index contributed by atoms with van der Waals surface area (Å²) in [5, 5.41) is 8.21. The zero-order valence-corrected chi connectivity index (χ0v) is 13.5. The van der Waals surface area contributed by atoms with Crippen LogP contribution in [0.3, 0.4) is 0 Å². The molecule has 1 fully saturated rings. The summed E-state index contributed by atoms with van der Waals surface area (Å²) in [6.07, 6.45) is 0.398. The quantitative estimate of drug-likeness (QED) is 0.544. The highest BCUT2D eigenvalue weighted by atomic mass is 35.5. The zero-order chi connectivity index (χ0) is 15.8. The molecule has 0 atom stereocenters. The SMILES string of the molecule is COCCOc1ccc(N2CCN(C(=O)CCCl)CC2)nn1. The maximum Gasteiger partial charge on any atom is 0.233 e. The van der Waals surface area contributed by atoms with Crippen LogP contribution in [0, 0.1) is 0 Å². The lowest BCUT2D eigenvalue weighted by Crippen LogP contribution is -2.49. The number of nitrogens with zero attached hydrogens (tertiary/aromatic N) is 4. The van der Waals surface area contributed by atoms with E-state index in [2.05, 4.69) is 15.1 Å². The molecule has 1 aliphatic rings. The summed E-state index contributed by atoms with van der Waals surface area (Å²) in [4.78, 5) is 15.7. The van der Waals surface area contributed by atoms with Crippen molar-refractivity contribution < 1.29 is 14.3 Å². The van der Waals surface area contributed by atoms with Gasteiger partial charge in [-0.1, -0.05) is 0 Å². The number of anilines is 1. The molecule has 7 nitrogen and oxygen atoms in total. The number of aromatic nitrogens is 2. The normalized spacial score (nSPS) is 15.0. The van der Waals surface area contributed by atoms with E-state index in [1.54, 1.807) is 13.2 Å². The number of ether oxygens (including phenoxy) is 2. The molecule has 1 aliphatic heterocycles. The number of carbonyl (C=O) groups is 1. The van der Waals surface area contributed by atoms with Gasteiger partial charge in [0.05, 0.1) is 6.61 Å². The number of halogens is 1. The molecule has 0 spiro atoms. The van der Waals surface area contributed by atoms with Crippen molar-refractivity contribution in [1.82, 2.24) is 15.1 Å². The Hall–Kier alpha value is -1.60. The standard InChI is InChI=1S/C14H21ClN4O3/c1-21-10-11-22-13-3-2-12(16-17-13)18-6-8-19(9-7-18)14(20)4-5-15/h2-3H,4-11H2,1H3. The molecule has 1 saturated heterocycles. The van der Waals surface area contributed by atoms with Crippen molar-refractivity contribution in [2.75, 3.05) is 57.3 Å². The molecule has 1 aromatic rings. The molecule has 0 unspecified atom stereocenters. The van der Waals surface area contributed by atoms with Crippen LogP contribution in [-0.4, -0.2) is 73.4 Å². The van der Waals surface area contributed by atoms with Gasteiger partial charge in [-0.3, -0.25) is 4.79 Å². The Kier molecular flexibility index (Phi) is 6.67. The molecule has 1 aromatic heterocycles. The lowest BCUT2D eigenvalue weighted by Gasteiger charge is -2.35. The Morgan fingerprint density at radius 1 is 1.23 bits per heavy atom. The third-order valence-corrected chi connectivity index (χ3v) is 3.62. The van der Waals surface area contributed by atoms with Crippen molar-refractivity contribution >= 4 is 23.3 Å². The molecule has 1 amide bonds. The predicted molar refractivity (Wildman–Crippen MR) is 83.5 cm³/mol. The molecule has 0 radical (unpaired) electrons. The van der Waals surface area contributed by atoms with Crippen molar-refractivity contribution in [3.63, 3.8) is 0 Å². The van der Waals surface area contributed by atoms with Crippen molar-refractivity contribution in [1.29, 1.82) is 0 Å². The highest BCUT2D eigenvalue weighted by Gasteiger charge is 2.21. The number of hydrogen-bond donors (Lipinski definition) is 0. The average Bonchev–Trinajstić information content (AvgIpc) is 2.56. The second-order valence-electron chi connectivity index (χ2n) is 4.88. The van der Waals surface area contributed by atoms with Gasteiger partial charge in [-0.15, -0.1) is 21.8 Å². The maximum absolute atomic E-state index is 11.8. The number of piperazine rings is 1. The Morgan fingerprint density at radius 2 is 2.00 bits per heavy atom. The zero-order valence-electron chi connectivity index (χ0n) is 12.7. The first kappa shape index (κ1) is 16.8. The molecule has 0 aromatic carbocycles. The van der Waals surface area contributed by atoms with E-state index in [1.165, 1.54) is 0 Å². The molecule has 8 heteroatoms. The molecule has 0 aliphatic carbocycles. The lowest BCUT2D eigenvalue weighted by atomic mass is 10.3. The van der Waals surface area contributed by atoms with E-state index in [-0.39, 0.29) is 5.91 Å². The summed E-state index contributed by atoms with van der Waals surface area (Å²) >= 11 is 5.60. The van der Waals surface area contributed by atoms with Crippen LogP contribution >= 0.6 is 11.6 Å². The van der Waals surface area contributed by atoms with Gasteiger partial charge in [-0.05, 0) is 6.07 Å². The van der Waals surface area contributed by atoms with E-state index in [1.807, 2.05) is 11.0 Å². The fourth-order valence-electron chi connectivity index (χ4n) is 2.21. The molecule has 0 N–H and O–H groups in total. The summed E-state index contributed by atoms with van der Waals surface area (Å²) < 4.78 is 10.3. The molecule has 0 bridgehead atoms. The largest absolute Gasteiger partial charge is 0.474 e. The molecule has 0 saturated carbocycles. The van der Waals surface area contributed by atoms with Crippen LogP contribution in [-0.2, 0) is 9.53 Å². The first-order chi connectivity index (χ1) is 10.7. The summed E-state index contributed by atoms with van der Waals surface area (Å²) in [6.45, 7) is 3.82. The number of rotatable bonds is 7. The van der Waals surface area contributed by atoms with E-state index in [9.17, 15) is 4.79 Å². The fraction of sp³-hybridized carbons (Fsp3) is 0.643. The first-order valence-corrected chi connectivity index (χ1v) is 7.82. The second-order valence-corrected chi connectivity index (χ2v) is 5.26. The molecule has 22 heavy (non-hydrogen) atoms. The van der Waals surface area contributed by atoms with E-state index in [0.717, 1.165) is 18.9 Å². The summed E-state index contributed by atoms with van der Waals surface area (Å²) in [5.41, 5.74) is 0. The first-order valence-electron chi connectivity index (χ1n) is 7.28. The third kappa shape index (κ3) is 4.71. The minimum Gasteiger partial charge on any atom is -0.474 e. The molecule has 2 heterocycles. The number of amides is 1. The van der Waals surface area contributed by atoms with Crippen LogP contribution in [0.1, 0.15) is 6.42 Å². The van der Waals surface area contributed by atoms with Crippen LogP contribution in [0.15, 0.2) is 12.1 Å². The molecular formula is C14H21ClN4O3. The predicted octanol–water partition coefficient (Wildman–Crippen LogP) is 0.779. The van der Waals surface area contributed by atoms with Crippen LogP contribution in [0.25, 0.3) is 0 Å². The van der Waals surface area contributed by atoms with Gasteiger partial charge in [0.15, 0.2) is 5.82 Å². The van der Waals surface area contributed by atoms with Gasteiger partial charge in [0.1, 0.15) is 6.61 Å². The molecular weight excluding hydrogens is 308 g/mol. The average molecular weight is 329 g/mol. The highest BCUT2D eigenvalue weighted by Crippen LogP contribution is 2.15. The van der Waals surface area contributed by atoms with E-state index in [0.29, 0.717) is 44.5 Å². The van der Waals surface area contributed by atoms with E-state index < -0.39 is 0 Å². The minimum absolute atomic E-state index is 0.114. The van der Waals surface area contributed by atoms with Gasteiger partial charge >= 0.3 is 0 Å². The smallest absolute Gasteiger partial charge is 0.233 e. The van der Waals surface area contributed by atoms with Crippen LogP contribution in [0.2, 0.25) is 0 Å². The Bertz CT molecular complexity index is 464. The second kappa shape index (κ2) is 8.75. The Morgan fingerprint density at radius 3 is 2.59 bits per heavy atom. The summed E-state index contributed by atoms with van der Waals surface area (Å²) in [6, 6.07) is 3.67. The number of hydrogen-bond acceptors (Lipinski definition) is 6. The van der Waals surface area contributed by atoms with Gasteiger partial charge in [0.25, 0.3) is 0 Å². The van der Waals surface area contributed by atoms with Crippen LogP contribution in [0.4, 0.5) is 5.82 Å². The lowest BCUT2D eigenvalue weighted by molar-refractivity contribution is -0.131. The van der Waals surface area contributed by atoms with Crippen molar-refractivity contribution in [3.05, 3.63) is 12.1 Å². The van der Waals surface area contributed by atoms with Crippen LogP contribution in [0.5, 0.6) is 5.88 Å². The van der Waals surface area contributed by atoms with Gasteiger partial charge in [-0.25, -0.2) is 0 Å². The Balaban J connectivity index is 1.82. The fourth-order valence-corrected chi connectivity index (χ4v) is 2.37. The summed E-state index contributed by atoms with van der Waals surface area (Å²) in [5.74, 6) is 1.76. The van der Waals surface area contributed by atoms with Gasteiger partial charge in [0.2, 0.25) is 11.8 Å². The van der Waals surface area contributed by atoms with E-state index in [4.69, 9.17) is 21.1 Å².